The Bertz CT molecular complexity index is 618. The molecule has 1 aliphatic heterocycles. The summed E-state index contributed by atoms with van der Waals surface area (Å²) in [6.45, 7) is 6.17. The van der Waals surface area contributed by atoms with Crippen LogP contribution in [0.3, 0.4) is 0 Å². The van der Waals surface area contributed by atoms with Gasteiger partial charge in [0.15, 0.2) is 0 Å². The third kappa shape index (κ3) is 3.25. The van der Waals surface area contributed by atoms with E-state index in [9.17, 15) is 0 Å². The van der Waals surface area contributed by atoms with Crippen molar-refractivity contribution < 1.29 is 0 Å². The van der Waals surface area contributed by atoms with E-state index in [0.717, 1.165) is 48.8 Å². The summed E-state index contributed by atoms with van der Waals surface area (Å²) in [6, 6.07) is 6.36. The normalized spacial score (nSPS) is 16.3. The number of piperidine rings is 1. The van der Waals surface area contributed by atoms with Gasteiger partial charge in [0.2, 0.25) is 0 Å². The van der Waals surface area contributed by atoms with Crippen molar-refractivity contribution in [2.24, 2.45) is 5.73 Å². The van der Waals surface area contributed by atoms with Crippen LogP contribution in [0.4, 0.5) is 5.82 Å². The van der Waals surface area contributed by atoms with Crippen LogP contribution in [-0.4, -0.2) is 34.1 Å². The summed E-state index contributed by atoms with van der Waals surface area (Å²) in [7, 11) is 0. The molecule has 0 spiro atoms. The minimum absolute atomic E-state index is 0.294. The third-order valence-electron chi connectivity index (χ3n) is 4.07. The lowest BCUT2D eigenvalue weighted by Gasteiger charge is -2.31. The summed E-state index contributed by atoms with van der Waals surface area (Å²) in [5.74, 6) is 2.18. The fraction of sp³-hybridized carbons (Fsp3) is 0.471. The van der Waals surface area contributed by atoms with Crippen molar-refractivity contribution in [3.8, 4) is 11.3 Å². The Kier molecular flexibility index (Phi) is 4.34. The molecule has 5 nitrogen and oxygen atoms in total. The Hall–Kier alpha value is -2.01. The van der Waals surface area contributed by atoms with Crippen LogP contribution in [0.25, 0.3) is 11.3 Å². The molecule has 0 aromatic carbocycles. The predicted molar refractivity (Wildman–Crippen MR) is 88.8 cm³/mol. The van der Waals surface area contributed by atoms with Crippen LogP contribution in [0.1, 0.15) is 38.4 Å². The fourth-order valence-electron chi connectivity index (χ4n) is 2.66. The summed E-state index contributed by atoms with van der Waals surface area (Å²) in [5, 5.41) is 0. The summed E-state index contributed by atoms with van der Waals surface area (Å²) in [5.41, 5.74) is 7.98. The number of rotatable bonds is 3. The number of hydrogen-bond acceptors (Lipinski definition) is 5. The van der Waals surface area contributed by atoms with E-state index in [1.165, 1.54) is 0 Å². The average Bonchev–Trinajstić information content (AvgIpc) is 2.56. The summed E-state index contributed by atoms with van der Waals surface area (Å²) in [6.07, 6.45) is 5.66. The molecule has 0 amide bonds. The van der Waals surface area contributed by atoms with Crippen molar-refractivity contribution in [2.75, 3.05) is 18.0 Å². The first-order valence-electron chi connectivity index (χ1n) is 7.93. The minimum Gasteiger partial charge on any atom is -0.356 e. The van der Waals surface area contributed by atoms with Gasteiger partial charge in [0.25, 0.3) is 0 Å². The maximum Gasteiger partial charge on any atom is 0.133 e. The highest BCUT2D eigenvalue weighted by Gasteiger charge is 2.19. The number of nitrogens with zero attached hydrogens (tertiary/aromatic N) is 4. The van der Waals surface area contributed by atoms with Crippen molar-refractivity contribution in [1.29, 1.82) is 0 Å². The summed E-state index contributed by atoms with van der Waals surface area (Å²) in [4.78, 5) is 16.0. The van der Waals surface area contributed by atoms with Crippen LogP contribution in [0.2, 0.25) is 0 Å². The SMILES string of the molecule is CC(C)c1nc(-c2cccnc2)cc(N2CCC(N)CC2)n1. The third-order valence-corrected chi connectivity index (χ3v) is 4.07. The van der Waals surface area contributed by atoms with Crippen LogP contribution in [-0.2, 0) is 0 Å². The second kappa shape index (κ2) is 6.40. The monoisotopic (exact) mass is 297 g/mol. The highest BCUT2D eigenvalue weighted by Crippen LogP contribution is 2.25. The smallest absolute Gasteiger partial charge is 0.133 e. The predicted octanol–water partition coefficient (Wildman–Crippen LogP) is 2.59. The zero-order valence-electron chi connectivity index (χ0n) is 13.2. The van der Waals surface area contributed by atoms with Crippen molar-refractivity contribution in [3.63, 3.8) is 0 Å². The maximum absolute atomic E-state index is 6.01. The van der Waals surface area contributed by atoms with Crippen molar-refractivity contribution in [1.82, 2.24) is 15.0 Å². The number of nitrogens with two attached hydrogens (primary N) is 1. The first-order chi connectivity index (χ1) is 10.6. The minimum atomic E-state index is 0.294. The second-order valence-corrected chi connectivity index (χ2v) is 6.19. The van der Waals surface area contributed by atoms with Crippen LogP contribution in [0.5, 0.6) is 0 Å². The van der Waals surface area contributed by atoms with Gasteiger partial charge in [-0.3, -0.25) is 4.98 Å². The largest absolute Gasteiger partial charge is 0.356 e. The highest BCUT2D eigenvalue weighted by molar-refractivity contribution is 5.62. The molecule has 1 fully saturated rings. The summed E-state index contributed by atoms with van der Waals surface area (Å²) >= 11 is 0. The molecule has 0 atom stereocenters. The molecular formula is C17H23N5. The molecule has 116 valence electrons. The molecule has 0 unspecified atom stereocenters. The average molecular weight is 297 g/mol. The first-order valence-corrected chi connectivity index (χ1v) is 7.93. The standard InChI is InChI=1S/C17H23N5/c1-12(2)17-20-15(13-4-3-7-19-11-13)10-16(21-17)22-8-5-14(18)6-9-22/h3-4,7,10-12,14H,5-6,8-9,18H2,1-2H3. The zero-order valence-corrected chi connectivity index (χ0v) is 13.2. The van der Waals surface area contributed by atoms with Crippen LogP contribution >= 0.6 is 0 Å². The molecule has 1 aliphatic rings. The van der Waals surface area contributed by atoms with Crippen molar-refractivity contribution in [3.05, 3.63) is 36.4 Å². The van der Waals surface area contributed by atoms with Crippen LogP contribution in [0, 0.1) is 0 Å². The van der Waals surface area contributed by atoms with Gasteiger partial charge in [-0.15, -0.1) is 0 Å². The fourth-order valence-corrected chi connectivity index (χ4v) is 2.66. The van der Waals surface area contributed by atoms with E-state index in [0.29, 0.717) is 12.0 Å². The van der Waals surface area contributed by atoms with E-state index >= 15 is 0 Å². The molecule has 0 radical (unpaired) electrons. The second-order valence-electron chi connectivity index (χ2n) is 6.19. The van der Waals surface area contributed by atoms with E-state index in [4.69, 9.17) is 15.7 Å². The maximum atomic E-state index is 6.01. The van der Waals surface area contributed by atoms with E-state index in [2.05, 4.69) is 29.8 Å². The zero-order chi connectivity index (χ0) is 15.5. The molecule has 3 rings (SSSR count). The van der Waals surface area contributed by atoms with Crippen LogP contribution in [0.15, 0.2) is 30.6 Å². The number of pyridine rings is 1. The molecule has 5 heteroatoms. The highest BCUT2D eigenvalue weighted by atomic mass is 15.2. The lowest BCUT2D eigenvalue weighted by Crippen LogP contribution is -2.40. The van der Waals surface area contributed by atoms with Crippen molar-refractivity contribution >= 4 is 5.82 Å². The molecule has 22 heavy (non-hydrogen) atoms. The van der Waals surface area contributed by atoms with Gasteiger partial charge in [0, 0.05) is 49.1 Å². The molecule has 3 heterocycles. The Morgan fingerprint density at radius 1 is 1.23 bits per heavy atom. The topological polar surface area (TPSA) is 67.9 Å². The molecule has 2 aromatic rings. The van der Waals surface area contributed by atoms with E-state index in [-0.39, 0.29) is 0 Å². The van der Waals surface area contributed by atoms with Gasteiger partial charge < -0.3 is 10.6 Å². The lowest BCUT2D eigenvalue weighted by molar-refractivity contribution is 0.498. The van der Waals surface area contributed by atoms with E-state index in [1.54, 1.807) is 6.20 Å². The molecule has 0 saturated carbocycles. The number of anilines is 1. The molecule has 0 bridgehead atoms. The van der Waals surface area contributed by atoms with E-state index < -0.39 is 0 Å². The van der Waals surface area contributed by atoms with Gasteiger partial charge in [0.05, 0.1) is 5.69 Å². The quantitative estimate of drug-likeness (QED) is 0.943. The Morgan fingerprint density at radius 3 is 2.64 bits per heavy atom. The van der Waals surface area contributed by atoms with Gasteiger partial charge in [-0.1, -0.05) is 13.8 Å². The Morgan fingerprint density at radius 2 is 2.00 bits per heavy atom. The lowest BCUT2D eigenvalue weighted by atomic mass is 10.1. The van der Waals surface area contributed by atoms with Gasteiger partial charge in [-0.2, -0.15) is 0 Å². The van der Waals surface area contributed by atoms with Gasteiger partial charge >= 0.3 is 0 Å². The molecule has 1 saturated heterocycles. The molecule has 2 N–H and O–H groups in total. The van der Waals surface area contributed by atoms with Crippen LogP contribution < -0.4 is 10.6 Å². The molecular weight excluding hydrogens is 274 g/mol. The first kappa shape index (κ1) is 14.9. The molecule has 0 aliphatic carbocycles. The summed E-state index contributed by atoms with van der Waals surface area (Å²) < 4.78 is 0. The Labute approximate surface area is 131 Å². The Balaban J connectivity index is 1.97. The van der Waals surface area contributed by atoms with Gasteiger partial charge in [-0.05, 0) is 25.0 Å². The van der Waals surface area contributed by atoms with Gasteiger partial charge in [0.1, 0.15) is 11.6 Å². The van der Waals surface area contributed by atoms with Crippen molar-refractivity contribution in [2.45, 2.75) is 38.6 Å². The van der Waals surface area contributed by atoms with E-state index in [1.807, 2.05) is 18.3 Å². The number of aromatic nitrogens is 3. The number of hydrogen-bond donors (Lipinski definition) is 1. The van der Waals surface area contributed by atoms with Gasteiger partial charge in [-0.25, -0.2) is 9.97 Å². The molecule has 2 aromatic heterocycles.